The van der Waals surface area contributed by atoms with Crippen LogP contribution in [0.5, 0.6) is 0 Å². The maximum Gasteiger partial charge on any atom is 0.287 e. The number of hydrogen-bond acceptors (Lipinski definition) is 4. The minimum Gasteiger partial charge on any atom is -0.351 e. The van der Waals surface area contributed by atoms with Crippen molar-refractivity contribution in [2.75, 3.05) is 20.1 Å². The average Bonchev–Trinajstić information content (AvgIpc) is 2.45. The number of benzene rings is 1. The normalized spacial score (nSPS) is 12.2. The van der Waals surface area contributed by atoms with Crippen molar-refractivity contribution in [3.63, 3.8) is 0 Å². The van der Waals surface area contributed by atoms with Crippen LogP contribution in [0.1, 0.15) is 30.6 Å². The quantitative estimate of drug-likeness (QED) is 0.620. The molecular formula is C14H20ClN3O3. The molecule has 0 aliphatic rings. The highest BCUT2D eigenvalue weighted by Gasteiger charge is 2.15. The summed E-state index contributed by atoms with van der Waals surface area (Å²) in [6.45, 7) is 5.48. The molecule has 0 aliphatic heterocycles. The van der Waals surface area contributed by atoms with Gasteiger partial charge in [0, 0.05) is 30.8 Å². The van der Waals surface area contributed by atoms with Gasteiger partial charge in [-0.2, -0.15) is 0 Å². The van der Waals surface area contributed by atoms with Crippen molar-refractivity contribution >= 4 is 23.2 Å². The van der Waals surface area contributed by atoms with E-state index in [0.29, 0.717) is 18.2 Å². The smallest absolute Gasteiger partial charge is 0.287 e. The first-order valence-electron chi connectivity index (χ1n) is 6.79. The molecule has 0 fully saturated rings. The zero-order chi connectivity index (χ0) is 16.0. The van der Waals surface area contributed by atoms with E-state index in [1.165, 1.54) is 18.2 Å². The van der Waals surface area contributed by atoms with E-state index < -0.39 is 4.92 Å². The first-order chi connectivity index (χ1) is 9.86. The fraction of sp³-hybridized carbons (Fsp3) is 0.500. The van der Waals surface area contributed by atoms with Crippen LogP contribution in [-0.2, 0) is 0 Å². The van der Waals surface area contributed by atoms with Gasteiger partial charge in [0.15, 0.2) is 0 Å². The standard InChI is InChI=1S/C14H20ClN3O3/c1-4-10(2)17(3)8-7-16-14(19)11-5-6-13(18(20)21)12(15)9-11/h5-6,9-10H,4,7-8H2,1-3H3,(H,16,19). The fourth-order valence-electron chi connectivity index (χ4n) is 1.78. The molecule has 1 atom stereocenters. The van der Waals surface area contributed by atoms with E-state index in [-0.39, 0.29) is 16.6 Å². The number of nitro benzene ring substituents is 1. The molecule has 0 aromatic heterocycles. The summed E-state index contributed by atoms with van der Waals surface area (Å²) in [5.41, 5.74) is 0.113. The van der Waals surface area contributed by atoms with E-state index in [4.69, 9.17) is 11.6 Å². The van der Waals surface area contributed by atoms with Crippen LogP contribution in [0.25, 0.3) is 0 Å². The molecule has 0 radical (unpaired) electrons. The van der Waals surface area contributed by atoms with Crippen LogP contribution < -0.4 is 5.32 Å². The van der Waals surface area contributed by atoms with Gasteiger partial charge in [0.2, 0.25) is 0 Å². The molecule has 0 aliphatic carbocycles. The second-order valence-electron chi connectivity index (χ2n) is 4.92. The van der Waals surface area contributed by atoms with Crippen LogP contribution in [0.15, 0.2) is 18.2 Å². The first kappa shape index (κ1) is 17.4. The second-order valence-corrected chi connectivity index (χ2v) is 5.32. The van der Waals surface area contributed by atoms with Crippen molar-refractivity contribution in [2.45, 2.75) is 26.3 Å². The van der Waals surface area contributed by atoms with Crippen molar-refractivity contribution < 1.29 is 9.72 Å². The Balaban J connectivity index is 2.57. The molecule has 1 aromatic carbocycles. The van der Waals surface area contributed by atoms with Crippen LogP contribution in [0.3, 0.4) is 0 Å². The summed E-state index contributed by atoms with van der Waals surface area (Å²) in [4.78, 5) is 24.2. The molecule has 1 unspecified atom stereocenters. The molecule has 1 amide bonds. The number of amides is 1. The number of halogens is 1. The van der Waals surface area contributed by atoms with Gasteiger partial charge >= 0.3 is 0 Å². The summed E-state index contributed by atoms with van der Waals surface area (Å²) >= 11 is 5.78. The molecule has 0 saturated heterocycles. The van der Waals surface area contributed by atoms with Crippen LogP contribution in [0.4, 0.5) is 5.69 Å². The Morgan fingerprint density at radius 1 is 1.52 bits per heavy atom. The molecule has 1 aromatic rings. The van der Waals surface area contributed by atoms with Gasteiger partial charge in [-0.05, 0) is 32.5 Å². The molecular weight excluding hydrogens is 294 g/mol. The van der Waals surface area contributed by atoms with Gasteiger partial charge < -0.3 is 10.2 Å². The Bertz CT molecular complexity index is 522. The van der Waals surface area contributed by atoms with Gasteiger partial charge in [0.05, 0.1) is 4.92 Å². The number of nitrogens with one attached hydrogen (secondary N) is 1. The van der Waals surface area contributed by atoms with Gasteiger partial charge in [-0.15, -0.1) is 0 Å². The Morgan fingerprint density at radius 3 is 2.71 bits per heavy atom. The number of rotatable bonds is 7. The van der Waals surface area contributed by atoms with Crippen molar-refractivity contribution in [2.24, 2.45) is 0 Å². The Kier molecular flexibility index (Phi) is 6.58. The minimum atomic E-state index is -0.578. The van der Waals surface area contributed by atoms with E-state index in [0.717, 1.165) is 13.0 Å². The molecule has 7 heteroatoms. The molecule has 0 saturated carbocycles. The van der Waals surface area contributed by atoms with Gasteiger partial charge in [-0.3, -0.25) is 14.9 Å². The fourth-order valence-corrected chi connectivity index (χ4v) is 2.03. The van der Waals surface area contributed by atoms with Gasteiger partial charge in [0.25, 0.3) is 11.6 Å². The molecule has 1 rings (SSSR count). The Morgan fingerprint density at radius 2 is 2.19 bits per heavy atom. The van der Waals surface area contributed by atoms with E-state index >= 15 is 0 Å². The van der Waals surface area contributed by atoms with Crippen LogP contribution >= 0.6 is 11.6 Å². The van der Waals surface area contributed by atoms with Crippen LogP contribution in [-0.4, -0.2) is 41.9 Å². The third-order valence-electron chi connectivity index (χ3n) is 3.50. The number of carbonyl (C=O) groups is 1. The lowest BCUT2D eigenvalue weighted by Crippen LogP contribution is -2.37. The molecule has 116 valence electrons. The molecule has 0 spiro atoms. The predicted octanol–water partition coefficient (Wildman–Crippen LogP) is 2.71. The molecule has 1 N–H and O–H groups in total. The summed E-state index contributed by atoms with van der Waals surface area (Å²) in [6, 6.07) is 4.41. The van der Waals surface area contributed by atoms with E-state index in [1.54, 1.807) is 0 Å². The predicted molar refractivity (Wildman–Crippen MR) is 82.8 cm³/mol. The van der Waals surface area contributed by atoms with Crippen molar-refractivity contribution in [1.82, 2.24) is 10.2 Å². The zero-order valence-electron chi connectivity index (χ0n) is 12.4. The van der Waals surface area contributed by atoms with Gasteiger partial charge in [0.1, 0.15) is 5.02 Å². The third kappa shape index (κ3) is 4.99. The van der Waals surface area contributed by atoms with Gasteiger partial charge in [-0.25, -0.2) is 0 Å². The highest BCUT2D eigenvalue weighted by molar-refractivity contribution is 6.33. The summed E-state index contributed by atoms with van der Waals surface area (Å²) in [5.74, 6) is -0.288. The van der Waals surface area contributed by atoms with E-state index in [9.17, 15) is 14.9 Å². The van der Waals surface area contributed by atoms with E-state index in [1.807, 2.05) is 7.05 Å². The molecule has 0 bridgehead atoms. The number of nitro groups is 1. The third-order valence-corrected chi connectivity index (χ3v) is 3.80. The summed E-state index contributed by atoms with van der Waals surface area (Å²) in [7, 11) is 2.00. The maximum absolute atomic E-state index is 11.9. The van der Waals surface area contributed by atoms with Gasteiger partial charge in [-0.1, -0.05) is 18.5 Å². The topological polar surface area (TPSA) is 75.5 Å². The number of likely N-dealkylation sites (N-methyl/N-ethyl adjacent to an activating group) is 1. The maximum atomic E-state index is 11.9. The van der Waals surface area contributed by atoms with Crippen molar-refractivity contribution in [3.05, 3.63) is 38.9 Å². The number of hydrogen-bond donors (Lipinski definition) is 1. The highest BCUT2D eigenvalue weighted by atomic mass is 35.5. The van der Waals surface area contributed by atoms with E-state index in [2.05, 4.69) is 24.1 Å². The lowest BCUT2D eigenvalue weighted by Gasteiger charge is -2.23. The zero-order valence-corrected chi connectivity index (χ0v) is 13.2. The minimum absolute atomic E-state index is 0.0376. The summed E-state index contributed by atoms with van der Waals surface area (Å²) in [5, 5.41) is 13.4. The first-order valence-corrected chi connectivity index (χ1v) is 7.17. The molecule has 6 nitrogen and oxygen atoms in total. The summed E-state index contributed by atoms with van der Waals surface area (Å²) < 4.78 is 0. The van der Waals surface area contributed by atoms with Crippen LogP contribution in [0, 0.1) is 10.1 Å². The lowest BCUT2D eigenvalue weighted by atomic mass is 10.2. The molecule has 21 heavy (non-hydrogen) atoms. The Labute approximate surface area is 129 Å². The summed E-state index contributed by atoms with van der Waals surface area (Å²) in [6.07, 6.45) is 1.04. The largest absolute Gasteiger partial charge is 0.351 e. The molecule has 0 heterocycles. The highest BCUT2D eigenvalue weighted by Crippen LogP contribution is 2.24. The number of carbonyl (C=O) groups excluding carboxylic acids is 1. The second kappa shape index (κ2) is 7.95. The van der Waals surface area contributed by atoms with Crippen LogP contribution in [0.2, 0.25) is 5.02 Å². The van der Waals surface area contributed by atoms with Crippen molar-refractivity contribution in [1.29, 1.82) is 0 Å². The Hall–Kier alpha value is -1.66. The monoisotopic (exact) mass is 313 g/mol. The number of nitrogens with zero attached hydrogens (tertiary/aromatic N) is 2. The lowest BCUT2D eigenvalue weighted by molar-refractivity contribution is -0.384. The SMILES string of the molecule is CCC(C)N(C)CCNC(=O)c1ccc([N+](=O)[O-])c(Cl)c1. The average molecular weight is 314 g/mol. The van der Waals surface area contributed by atoms with Crippen molar-refractivity contribution in [3.8, 4) is 0 Å².